The standard InChI is InChI=1S/C10H10N4O/c15-6-7-4-11-10-13-12-9(14(10)5-7)8-2-1-3-8/h4-6,8H,1-3H2. The Kier molecular flexibility index (Phi) is 1.77. The largest absolute Gasteiger partial charge is 0.298 e. The molecule has 0 saturated heterocycles. The van der Waals surface area contributed by atoms with Gasteiger partial charge in [0.15, 0.2) is 6.29 Å². The lowest BCUT2D eigenvalue weighted by Gasteiger charge is -2.23. The summed E-state index contributed by atoms with van der Waals surface area (Å²) in [5, 5.41) is 8.11. The number of hydrogen-bond donors (Lipinski definition) is 0. The van der Waals surface area contributed by atoms with Gasteiger partial charge in [0.05, 0.1) is 0 Å². The molecule has 3 rings (SSSR count). The van der Waals surface area contributed by atoms with Crippen molar-refractivity contribution in [3.8, 4) is 0 Å². The van der Waals surface area contributed by atoms with Gasteiger partial charge >= 0.3 is 0 Å². The molecule has 0 atom stereocenters. The average Bonchev–Trinajstić information content (AvgIpc) is 2.59. The lowest BCUT2D eigenvalue weighted by Crippen LogP contribution is -2.12. The van der Waals surface area contributed by atoms with Gasteiger partial charge in [-0.3, -0.25) is 9.20 Å². The normalized spacial score (nSPS) is 16.5. The maximum absolute atomic E-state index is 10.6. The molecular weight excluding hydrogens is 192 g/mol. The van der Waals surface area contributed by atoms with Crippen LogP contribution in [0.1, 0.15) is 41.4 Å². The molecule has 5 nitrogen and oxygen atoms in total. The molecule has 0 radical (unpaired) electrons. The smallest absolute Gasteiger partial charge is 0.254 e. The van der Waals surface area contributed by atoms with Gasteiger partial charge in [0, 0.05) is 23.9 Å². The molecule has 2 aromatic rings. The van der Waals surface area contributed by atoms with E-state index >= 15 is 0 Å². The Morgan fingerprint density at radius 2 is 2.27 bits per heavy atom. The van der Waals surface area contributed by atoms with E-state index in [9.17, 15) is 4.79 Å². The lowest BCUT2D eigenvalue weighted by molar-refractivity contribution is 0.112. The van der Waals surface area contributed by atoms with Crippen molar-refractivity contribution in [1.82, 2.24) is 19.6 Å². The molecule has 0 amide bonds. The van der Waals surface area contributed by atoms with Gasteiger partial charge in [0.1, 0.15) is 5.82 Å². The summed E-state index contributed by atoms with van der Waals surface area (Å²) in [6, 6.07) is 0. The maximum Gasteiger partial charge on any atom is 0.254 e. The Labute approximate surface area is 86.2 Å². The third-order valence-electron chi connectivity index (χ3n) is 2.92. The van der Waals surface area contributed by atoms with E-state index in [0.717, 1.165) is 25.0 Å². The van der Waals surface area contributed by atoms with E-state index in [1.54, 1.807) is 6.20 Å². The van der Waals surface area contributed by atoms with Crippen LogP contribution in [0.5, 0.6) is 0 Å². The highest BCUT2D eigenvalue weighted by atomic mass is 16.1. The van der Waals surface area contributed by atoms with Gasteiger partial charge in [-0.05, 0) is 12.8 Å². The first kappa shape index (κ1) is 8.52. The summed E-state index contributed by atoms with van der Waals surface area (Å²) in [6.07, 6.45) is 7.63. The van der Waals surface area contributed by atoms with E-state index in [2.05, 4.69) is 15.2 Å². The van der Waals surface area contributed by atoms with E-state index in [1.165, 1.54) is 12.6 Å². The second-order valence-corrected chi connectivity index (χ2v) is 3.86. The van der Waals surface area contributed by atoms with E-state index in [-0.39, 0.29) is 0 Å². The van der Waals surface area contributed by atoms with Gasteiger partial charge in [-0.25, -0.2) is 4.98 Å². The number of rotatable bonds is 2. The van der Waals surface area contributed by atoms with Gasteiger partial charge in [-0.1, -0.05) is 6.42 Å². The summed E-state index contributed by atoms with van der Waals surface area (Å²) in [5.74, 6) is 2.00. The molecule has 0 aliphatic heterocycles. The SMILES string of the molecule is O=Cc1cnc2nnc(C3CCC3)n2c1. The number of nitrogens with zero attached hydrogens (tertiary/aromatic N) is 4. The Morgan fingerprint density at radius 1 is 1.40 bits per heavy atom. The molecule has 1 aliphatic rings. The van der Waals surface area contributed by atoms with E-state index in [1.807, 2.05) is 4.40 Å². The van der Waals surface area contributed by atoms with Crippen LogP contribution in [0.25, 0.3) is 5.78 Å². The van der Waals surface area contributed by atoms with Crippen molar-refractivity contribution in [2.45, 2.75) is 25.2 Å². The molecular formula is C10H10N4O. The summed E-state index contributed by atoms with van der Waals surface area (Å²) < 4.78 is 1.83. The van der Waals surface area contributed by atoms with Crippen LogP contribution in [0.2, 0.25) is 0 Å². The quantitative estimate of drug-likeness (QED) is 0.686. The van der Waals surface area contributed by atoms with Crippen LogP contribution < -0.4 is 0 Å². The molecule has 76 valence electrons. The van der Waals surface area contributed by atoms with Gasteiger partial charge in [-0.2, -0.15) is 0 Å². The molecule has 5 heteroatoms. The highest BCUT2D eigenvalue weighted by Crippen LogP contribution is 2.35. The molecule has 1 aliphatic carbocycles. The second-order valence-electron chi connectivity index (χ2n) is 3.86. The first-order valence-corrected chi connectivity index (χ1v) is 5.04. The fraction of sp³-hybridized carbons (Fsp3) is 0.400. The number of carbonyl (C=O) groups is 1. The van der Waals surface area contributed by atoms with Crippen LogP contribution in [0.4, 0.5) is 0 Å². The van der Waals surface area contributed by atoms with Crippen molar-refractivity contribution in [3.63, 3.8) is 0 Å². The van der Waals surface area contributed by atoms with Gasteiger partial charge in [0.2, 0.25) is 0 Å². The summed E-state index contributed by atoms with van der Waals surface area (Å²) >= 11 is 0. The van der Waals surface area contributed by atoms with Crippen molar-refractivity contribution >= 4 is 12.1 Å². The molecule has 2 aromatic heterocycles. The van der Waals surface area contributed by atoms with Crippen LogP contribution in [-0.2, 0) is 0 Å². The van der Waals surface area contributed by atoms with Crippen LogP contribution in [0.15, 0.2) is 12.4 Å². The minimum Gasteiger partial charge on any atom is -0.298 e. The minimum atomic E-state index is 0.490. The number of carbonyl (C=O) groups excluding carboxylic acids is 1. The topological polar surface area (TPSA) is 60.2 Å². The predicted molar refractivity (Wildman–Crippen MR) is 52.8 cm³/mol. The van der Waals surface area contributed by atoms with Crippen LogP contribution >= 0.6 is 0 Å². The third-order valence-corrected chi connectivity index (χ3v) is 2.92. The van der Waals surface area contributed by atoms with E-state index in [4.69, 9.17) is 0 Å². The molecule has 1 saturated carbocycles. The number of fused-ring (bicyclic) bond motifs is 1. The summed E-state index contributed by atoms with van der Waals surface area (Å²) in [5.41, 5.74) is 0.558. The van der Waals surface area contributed by atoms with Crippen molar-refractivity contribution in [3.05, 3.63) is 23.8 Å². The molecule has 15 heavy (non-hydrogen) atoms. The monoisotopic (exact) mass is 202 g/mol. The van der Waals surface area contributed by atoms with Gasteiger partial charge in [0.25, 0.3) is 5.78 Å². The zero-order valence-corrected chi connectivity index (χ0v) is 8.13. The molecule has 0 bridgehead atoms. The molecule has 2 heterocycles. The number of aromatic nitrogens is 4. The molecule has 0 N–H and O–H groups in total. The highest BCUT2D eigenvalue weighted by molar-refractivity contribution is 5.73. The molecule has 0 spiro atoms. The summed E-state index contributed by atoms with van der Waals surface area (Å²) in [4.78, 5) is 14.7. The fourth-order valence-corrected chi connectivity index (χ4v) is 1.83. The Bertz CT molecular complexity index is 515. The zero-order chi connectivity index (χ0) is 10.3. The highest BCUT2D eigenvalue weighted by Gasteiger charge is 2.24. The van der Waals surface area contributed by atoms with Gasteiger partial charge < -0.3 is 0 Å². The lowest BCUT2D eigenvalue weighted by atomic mass is 9.85. The summed E-state index contributed by atoms with van der Waals surface area (Å²) in [6.45, 7) is 0. The predicted octanol–water partition coefficient (Wildman–Crippen LogP) is 1.20. The second kappa shape index (κ2) is 3.12. The molecule has 0 unspecified atom stereocenters. The van der Waals surface area contributed by atoms with Crippen LogP contribution in [0.3, 0.4) is 0 Å². The third kappa shape index (κ3) is 1.23. The Balaban J connectivity index is 2.16. The maximum atomic E-state index is 10.6. The van der Waals surface area contributed by atoms with Gasteiger partial charge in [-0.15, -0.1) is 10.2 Å². The van der Waals surface area contributed by atoms with Crippen molar-refractivity contribution in [1.29, 1.82) is 0 Å². The van der Waals surface area contributed by atoms with Crippen molar-refractivity contribution in [2.24, 2.45) is 0 Å². The van der Waals surface area contributed by atoms with Crippen molar-refractivity contribution in [2.75, 3.05) is 0 Å². The first-order valence-electron chi connectivity index (χ1n) is 5.04. The minimum absolute atomic E-state index is 0.490. The average molecular weight is 202 g/mol. The van der Waals surface area contributed by atoms with E-state index in [0.29, 0.717) is 17.3 Å². The number of hydrogen-bond acceptors (Lipinski definition) is 4. The van der Waals surface area contributed by atoms with Crippen molar-refractivity contribution < 1.29 is 4.79 Å². The molecule has 0 aromatic carbocycles. The van der Waals surface area contributed by atoms with Crippen LogP contribution in [-0.4, -0.2) is 25.9 Å². The fourth-order valence-electron chi connectivity index (χ4n) is 1.83. The Morgan fingerprint density at radius 3 is 2.93 bits per heavy atom. The zero-order valence-electron chi connectivity index (χ0n) is 8.13. The Hall–Kier alpha value is -1.78. The molecule has 1 fully saturated rings. The van der Waals surface area contributed by atoms with E-state index < -0.39 is 0 Å². The summed E-state index contributed by atoms with van der Waals surface area (Å²) in [7, 11) is 0. The number of aldehydes is 1. The first-order chi connectivity index (χ1) is 7.38. The van der Waals surface area contributed by atoms with Crippen LogP contribution in [0, 0.1) is 0 Å².